The van der Waals surface area contributed by atoms with Gasteiger partial charge in [0.25, 0.3) is 5.91 Å². The molecule has 0 radical (unpaired) electrons. The number of rotatable bonds is 11. The Morgan fingerprint density at radius 2 is 1.69 bits per heavy atom. The van der Waals surface area contributed by atoms with E-state index in [9.17, 15) is 14.7 Å². The minimum absolute atomic E-state index is 0.0589. The van der Waals surface area contributed by atoms with Crippen molar-refractivity contribution in [1.82, 2.24) is 0 Å². The number of carboxylic acids is 1. The first kappa shape index (κ1) is 24.6. The van der Waals surface area contributed by atoms with Gasteiger partial charge in [-0.15, -0.1) is 0 Å². The molecule has 1 aliphatic heterocycles. The van der Waals surface area contributed by atoms with E-state index in [0.717, 1.165) is 42.0 Å². The van der Waals surface area contributed by atoms with Crippen molar-refractivity contribution in [2.45, 2.75) is 65.5 Å². The van der Waals surface area contributed by atoms with E-state index in [-0.39, 0.29) is 18.4 Å². The van der Waals surface area contributed by atoms with Gasteiger partial charge in [-0.25, -0.2) is 0 Å². The van der Waals surface area contributed by atoms with Crippen LogP contribution in [0.4, 0.5) is 5.69 Å². The number of carboxylic acid groups (broad SMARTS) is 1. The summed E-state index contributed by atoms with van der Waals surface area (Å²) in [6.07, 6.45) is 4.10. The van der Waals surface area contributed by atoms with Crippen molar-refractivity contribution in [3.63, 3.8) is 0 Å². The molecule has 0 saturated heterocycles. The smallest absolute Gasteiger partial charge is 0.262 e. The van der Waals surface area contributed by atoms with Crippen LogP contribution in [0.25, 0.3) is 10.8 Å². The van der Waals surface area contributed by atoms with Gasteiger partial charge < -0.3 is 24.3 Å². The first-order valence-corrected chi connectivity index (χ1v) is 12.4. The van der Waals surface area contributed by atoms with Gasteiger partial charge in [-0.1, -0.05) is 62.6 Å². The lowest BCUT2D eigenvalue weighted by atomic mass is 9.99. The average molecular weight is 475 g/mol. The maximum absolute atomic E-state index is 13.8. The molecule has 1 heterocycles. The van der Waals surface area contributed by atoms with Crippen LogP contribution in [0, 0.1) is 0 Å². The number of ether oxygens (including phenoxy) is 2. The predicted molar refractivity (Wildman–Crippen MR) is 135 cm³/mol. The fourth-order valence-corrected chi connectivity index (χ4v) is 4.56. The molecule has 1 amide bonds. The zero-order chi connectivity index (χ0) is 24.9. The van der Waals surface area contributed by atoms with Crippen LogP contribution in [0.5, 0.6) is 11.5 Å². The Balaban J connectivity index is 1.76. The third kappa shape index (κ3) is 5.26. The number of carbonyl (C=O) groups is 2. The maximum Gasteiger partial charge on any atom is 0.262 e. The lowest BCUT2D eigenvalue weighted by Crippen LogP contribution is -2.25. The van der Waals surface area contributed by atoms with Crippen molar-refractivity contribution in [3.8, 4) is 11.5 Å². The van der Waals surface area contributed by atoms with Crippen LogP contribution in [-0.2, 0) is 17.8 Å². The normalized spacial score (nSPS) is 12.9. The summed E-state index contributed by atoms with van der Waals surface area (Å²) in [5.74, 6) is 0.0542. The molecule has 6 nitrogen and oxygen atoms in total. The number of hydrogen-bond donors (Lipinski definition) is 0. The molecule has 1 aliphatic rings. The van der Waals surface area contributed by atoms with E-state index in [4.69, 9.17) is 9.47 Å². The summed E-state index contributed by atoms with van der Waals surface area (Å²) in [7, 11) is 0. The van der Waals surface area contributed by atoms with Crippen molar-refractivity contribution in [3.05, 3.63) is 65.2 Å². The molecule has 6 heteroatoms. The Kier molecular flexibility index (Phi) is 7.59. The van der Waals surface area contributed by atoms with E-state index in [1.54, 1.807) is 29.2 Å². The summed E-state index contributed by atoms with van der Waals surface area (Å²) < 4.78 is 12.6. The minimum atomic E-state index is -1.13. The van der Waals surface area contributed by atoms with E-state index < -0.39 is 5.97 Å². The number of hydrogen-bond acceptors (Lipinski definition) is 5. The van der Waals surface area contributed by atoms with Crippen molar-refractivity contribution >= 4 is 28.3 Å². The number of aliphatic carboxylic acids is 1. The quantitative estimate of drug-likeness (QED) is 0.364. The zero-order valence-corrected chi connectivity index (χ0v) is 20.6. The minimum Gasteiger partial charge on any atom is -0.550 e. The SMILES string of the molecule is CCCCCCOc1c2c(c(OC(C)C)c3ccccc13)CN(c1ccc(CC(=O)[O-])cc1)C2=O. The summed E-state index contributed by atoms with van der Waals surface area (Å²) in [6.45, 7) is 7.03. The second-order valence-electron chi connectivity index (χ2n) is 9.24. The van der Waals surface area contributed by atoms with Crippen molar-refractivity contribution in [2.24, 2.45) is 0 Å². The van der Waals surface area contributed by atoms with E-state index in [1.807, 2.05) is 38.1 Å². The van der Waals surface area contributed by atoms with Gasteiger partial charge in [0.15, 0.2) is 0 Å². The number of carbonyl (C=O) groups excluding carboxylic acids is 2. The van der Waals surface area contributed by atoms with Crippen molar-refractivity contribution in [2.75, 3.05) is 11.5 Å². The highest BCUT2D eigenvalue weighted by molar-refractivity contribution is 6.16. The topological polar surface area (TPSA) is 78.9 Å². The first-order valence-electron chi connectivity index (χ1n) is 12.4. The van der Waals surface area contributed by atoms with E-state index in [2.05, 4.69) is 6.92 Å². The van der Waals surface area contributed by atoms with Gasteiger partial charge in [-0.2, -0.15) is 0 Å². The number of unbranched alkanes of at least 4 members (excludes halogenated alkanes) is 3. The molecule has 0 atom stereocenters. The Morgan fingerprint density at radius 1 is 1.00 bits per heavy atom. The monoisotopic (exact) mass is 474 g/mol. The van der Waals surface area contributed by atoms with Crippen LogP contribution in [0.1, 0.15) is 67.9 Å². The van der Waals surface area contributed by atoms with Gasteiger partial charge in [-0.05, 0) is 38.0 Å². The Bertz CT molecular complexity index is 1220. The first-order chi connectivity index (χ1) is 16.9. The predicted octanol–water partition coefficient (Wildman–Crippen LogP) is 5.04. The Hall–Kier alpha value is -3.54. The molecule has 35 heavy (non-hydrogen) atoms. The van der Waals surface area contributed by atoms with Crippen LogP contribution in [0.2, 0.25) is 0 Å². The molecule has 0 unspecified atom stereocenters. The number of nitrogens with zero attached hydrogens (tertiary/aromatic N) is 1. The molecular formula is C29H32NO5-. The number of fused-ring (bicyclic) bond motifs is 2. The van der Waals surface area contributed by atoms with Crippen LogP contribution in [-0.4, -0.2) is 24.6 Å². The van der Waals surface area contributed by atoms with Gasteiger partial charge >= 0.3 is 0 Å². The standard InChI is InChI=1S/C29H33NO5/c1-4-5-6-9-16-34-28-23-11-8-7-10-22(23)27(35-19(2)3)24-18-30(29(33)26(24)28)21-14-12-20(13-15-21)17-25(31)32/h7-8,10-15,19H,4-6,9,16-18H2,1-3H3,(H,31,32)/p-1. The Morgan fingerprint density at radius 3 is 2.31 bits per heavy atom. The van der Waals surface area contributed by atoms with Crippen molar-refractivity contribution < 1.29 is 24.2 Å². The molecule has 4 rings (SSSR count). The third-order valence-electron chi connectivity index (χ3n) is 6.19. The molecule has 0 bridgehead atoms. The highest BCUT2D eigenvalue weighted by Gasteiger charge is 2.37. The molecular weight excluding hydrogens is 442 g/mol. The number of amides is 1. The molecule has 0 aliphatic carbocycles. The maximum atomic E-state index is 13.8. The highest BCUT2D eigenvalue weighted by Crippen LogP contribution is 2.46. The Labute approximate surface area is 206 Å². The van der Waals surface area contributed by atoms with Crippen LogP contribution in [0.3, 0.4) is 0 Å². The molecule has 3 aromatic carbocycles. The highest BCUT2D eigenvalue weighted by atomic mass is 16.5. The second-order valence-corrected chi connectivity index (χ2v) is 9.24. The van der Waals surface area contributed by atoms with Gasteiger partial charge in [0.1, 0.15) is 11.5 Å². The molecule has 0 fully saturated rings. The summed E-state index contributed by atoms with van der Waals surface area (Å²) in [5, 5.41) is 12.7. The van der Waals surface area contributed by atoms with E-state index >= 15 is 0 Å². The largest absolute Gasteiger partial charge is 0.550 e. The lowest BCUT2D eigenvalue weighted by Gasteiger charge is -2.19. The molecule has 0 N–H and O–H groups in total. The van der Waals surface area contributed by atoms with Gasteiger partial charge in [0, 0.05) is 34.4 Å². The summed E-state index contributed by atoms with van der Waals surface area (Å²) in [6, 6.07) is 14.9. The summed E-state index contributed by atoms with van der Waals surface area (Å²) in [4.78, 5) is 26.4. The average Bonchev–Trinajstić information content (AvgIpc) is 3.17. The summed E-state index contributed by atoms with van der Waals surface area (Å²) >= 11 is 0. The van der Waals surface area contributed by atoms with Gasteiger partial charge in [0.2, 0.25) is 0 Å². The van der Waals surface area contributed by atoms with E-state index in [1.165, 1.54) is 0 Å². The lowest BCUT2D eigenvalue weighted by molar-refractivity contribution is -0.304. The number of benzene rings is 3. The van der Waals surface area contributed by atoms with Crippen LogP contribution >= 0.6 is 0 Å². The van der Waals surface area contributed by atoms with Crippen LogP contribution < -0.4 is 19.5 Å². The summed E-state index contributed by atoms with van der Waals surface area (Å²) in [5.41, 5.74) is 2.70. The van der Waals surface area contributed by atoms with Gasteiger partial charge in [0.05, 0.1) is 24.8 Å². The van der Waals surface area contributed by atoms with Crippen molar-refractivity contribution in [1.29, 1.82) is 0 Å². The molecule has 3 aromatic rings. The zero-order valence-electron chi connectivity index (χ0n) is 20.6. The third-order valence-corrected chi connectivity index (χ3v) is 6.19. The fourth-order valence-electron chi connectivity index (χ4n) is 4.56. The molecule has 0 saturated carbocycles. The molecule has 184 valence electrons. The number of anilines is 1. The molecule has 0 spiro atoms. The fraction of sp³-hybridized carbons (Fsp3) is 0.379. The second kappa shape index (κ2) is 10.8. The van der Waals surface area contributed by atoms with E-state index in [0.29, 0.717) is 41.5 Å². The van der Waals surface area contributed by atoms with Gasteiger partial charge in [-0.3, -0.25) is 4.79 Å². The van der Waals surface area contributed by atoms with Crippen LogP contribution in [0.15, 0.2) is 48.5 Å². The molecule has 0 aromatic heterocycles.